The van der Waals surface area contributed by atoms with Crippen molar-refractivity contribution in [3.8, 4) is 0 Å². The van der Waals surface area contributed by atoms with Crippen LogP contribution < -0.4 is 4.90 Å². The number of ether oxygens (including phenoxy) is 1. The van der Waals surface area contributed by atoms with Crippen LogP contribution in [-0.4, -0.2) is 52.5 Å². The second-order valence-electron chi connectivity index (χ2n) is 5.38. The summed E-state index contributed by atoms with van der Waals surface area (Å²) in [5, 5.41) is 0. The van der Waals surface area contributed by atoms with Crippen molar-refractivity contribution < 1.29 is 17.9 Å². The van der Waals surface area contributed by atoms with Crippen molar-refractivity contribution in [1.29, 1.82) is 0 Å². The first-order valence-corrected chi connectivity index (χ1v) is 8.80. The number of nitrogens with zero attached hydrogens (tertiary/aromatic N) is 2. The molecule has 0 aliphatic carbocycles. The number of carbonyl (C=O) groups is 1. The van der Waals surface area contributed by atoms with Gasteiger partial charge in [-0.05, 0) is 38.0 Å². The van der Waals surface area contributed by atoms with E-state index in [1.807, 2.05) is 0 Å². The summed E-state index contributed by atoms with van der Waals surface area (Å²) in [5.41, 5.74) is 1.06. The van der Waals surface area contributed by atoms with Gasteiger partial charge in [0.05, 0.1) is 22.8 Å². The van der Waals surface area contributed by atoms with Crippen molar-refractivity contribution in [2.24, 2.45) is 0 Å². The summed E-state index contributed by atoms with van der Waals surface area (Å²) in [6.07, 6.45) is 2.14. The molecule has 0 spiro atoms. The fourth-order valence-electron chi connectivity index (χ4n) is 2.49. The van der Waals surface area contributed by atoms with Crippen LogP contribution in [0.3, 0.4) is 0 Å². The maximum absolute atomic E-state index is 12.3. The normalized spacial score (nSPS) is 15.4. The summed E-state index contributed by atoms with van der Waals surface area (Å²) >= 11 is 0. The minimum atomic E-state index is -3.58. The van der Waals surface area contributed by atoms with Crippen LogP contribution in [0.1, 0.15) is 30.1 Å². The second-order valence-corrected chi connectivity index (χ2v) is 7.53. The first-order chi connectivity index (χ1) is 10.4. The van der Waals surface area contributed by atoms with Gasteiger partial charge in [0.2, 0.25) is 10.0 Å². The average molecular weight is 326 g/mol. The SMILES string of the molecule is CCOC(=O)c1cc(S(=O)(=O)N(C)C)ccc1N1CCCC1. The van der Waals surface area contributed by atoms with E-state index >= 15 is 0 Å². The molecule has 6 nitrogen and oxygen atoms in total. The van der Waals surface area contributed by atoms with E-state index < -0.39 is 16.0 Å². The molecule has 1 aromatic rings. The number of rotatable bonds is 5. The lowest BCUT2D eigenvalue weighted by Crippen LogP contribution is -2.24. The van der Waals surface area contributed by atoms with Crippen molar-refractivity contribution in [3.63, 3.8) is 0 Å². The predicted molar refractivity (Wildman–Crippen MR) is 84.7 cm³/mol. The Labute approximate surface area is 131 Å². The third kappa shape index (κ3) is 3.25. The average Bonchev–Trinajstić information content (AvgIpc) is 3.00. The Hall–Kier alpha value is -1.60. The van der Waals surface area contributed by atoms with Crippen molar-refractivity contribution in [1.82, 2.24) is 4.31 Å². The molecule has 1 aromatic carbocycles. The van der Waals surface area contributed by atoms with E-state index in [2.05, 4.69) is 4.90 Å². The number of esters is 1. The fourth-order valence-corrected chi connectivity index (χ4v) is 3.42. The van der Waals surface area contributed by atoms with Gasteiger partial charge in [-0.3, -0.25) is 0 Å². The Morgan fingerprint density at radius 3 is 2.45 bits per heavy atom. The van der Waals surface area contributed by atoms with Gasteiger partial charge in [0.15, 0.2) is 0 Å². The summed E-state index contributed by atoms with van der Waals surface area (Å²) in [5.74, 6) is -0.486. The molecule has 1 heterocycles. The zero-order chi connectivity index (χ0) is 16.3. The molecule has 1 aliphatic heterocycles. The fraction of sp³-hybridized carbons (Fsp3) is 0.533. The number of anilines is 1. The maximum atomic E-state index is 12.3. The van der Waals surface area contributed by atoms with Crippen LogP contribution in [0.15, 0.2) is 23.1 Å². The van der Waals surface area contributed by atoms with Gasteiger partial charge in [-0.1, -0.05) is 0 Å². The summed E-state index contributed by atoms with van der Waals surface area (Å²) < 4.78 is 30.7. The minimum absolute atomic E-state index is 0.100. The predicted octanol–water partition coefficient (Wildman–Crippen LogP) is 1.71. The van der Waals surface area contributed by atoms with Crippen LogP contribution in [0.5, 0.6) is 0 Å². The summed E-state index contributed by atoms with van der Waals surface area (Å²) in [7, 11) is -0.649. The highest BCUT2D eigenvalue weighted by Gasteiger charge is 2.25. The highest BCUT2D eigenvalue weighted by Crippen LogP contribution is 2.28. The van der Waals surface area contributed by atoms with Crippen LogP contribution in [0.4, 0.5) is 5.69 Å². The first kappa shape index (κ1) is 16.8. The lowest BCUT2D eigenvalue weighted by molar-refractivity contribution is 0.0527. The first-order valence-electron chi connectivity index (χ1n) is 7.36. The standard InChI is InChI=1S/C15H22N2O4S/c1-4-21-15(18)13-11-12(22(19,20)16(2)3)7-8-14(13)17-9-5-6-10-17/h7-8,11H,4-6,9-10H2,1-3H3. The third-order valence-corrected chi connectivity index (χ3v) is 5.50. The Balaban J connectivity index is 2.50. The molecule has 0 saturated carbocycles. The van der Waals surface area contributed by atoms with Gasteiger partial charge >= 0.3 is 5.97 Å². The zero-order valence-electron chi connectivity index (χ0n) is 13.2. The molecule has 0 atom stereocenters. The lowest BCUT2D eigenvalue weighted by Gasteiger charge is -2.22. The van der Waals surface area contributed by atoms with Crippen LogP contribution in [0.25, 0.3) is 0 Å². The minimum Gasteiger partial charge on any atom is -0.462 e. The van der Waals surface area contributed by atoms with Crippen LogP contribution in [-0.2, 0) is 14.8 Å². The number of benzene rings is 1. The van der Waals surface area contributed by atoms with E-state index in [1.54, 1.807) is 19.1 Å². The molecule has 0 aromatic heterocycles. The molecule has 0 unspecified atom stereocenters. The molecule has 0 radical (unpaired) electrons. The van der Waals surface area contributed by atoms with E-state index in [4.69, 9.17) is 4.74 Å². The molecule has 1 fully saturated rings. The molecule has 0 bridgehead atoms. The zero-order valence-corrected chi connectivity index (χ0v) is 14.0. The number of hydrogen-bond donors (Lipinski definition) is 0. The van der Waals surface area contributed by atoms with Crippen molar-refractivity contribution in [2.75, 3.05) is 38.7 Å². The Morgan fingerprint density at radius 2 is 1.91 bits per heavy atom. The molecule has 22 heavy (non-hydrogen) atoms. The van der Waals surface area contributed by atoms with Crippen LogP contribution in [0.2, 0.25) is 0 Å². The number of sulfonamides is 1. The molecular formula is C15H22N2O4S. The molecule has 2 rings (SSSR count). The monoisotopic (exact) mass is 326 g/mol. The Morgan fingerprint density at radius 1 is 1.27 bits per heavy atom. The van der Waals surface area contributed by atoms with Crippen LogP contribution in [0, 0.1) is 0 Å². The van der Waals surface area contributed by atoms with Crippen molar-refractivity contribution >= 4 is 21.7 Å². The Kier molecular flexibility index (Phi) is 5.08. The molecule has 1 aliphatic rings. The van der Waals surface area contributed by atoms with Gasteiger partial charge in [0, 0.05) is 27.2 Å². The molecular weight excluding hydrogens is 304 g/mol. The van der Waals surface area contributed by atoms with Crippen molar-refractivity contribution in [3.05, 3.63) is 23.8 Å². The summed E-state index contributed by atoms with van der Waals surface area (Å²) in [6.45, 7) is 3.72. The highest BCUT2D eigenvalue weighted by molar-refractivity contribution is 7.89. The van der Waals surface area contributed by atoms with Crippen molar-refractivity contribution in [2.45, 2.75) is 24.7 Å². The Bertz CT molecular complexity index is 650. The van der Waals surface area contributed by atoms with Crippen LogP contribution >= 0.6 is 0 Å². The topological polar surface area (TPSA) is 66.9 Å². The third-order valence-electron chi connectivity index (χ3n) is 3.69. The van der Waals surface area contributed by atoms with E-state index in [1.165, 1.54) is 20.2 Å². The second kappa shape index (κ2) is 6.66. The molecule has 1 saturated heterocycles. The summed E-state index contributed by atoms with van der Waals surface area (Å²) in [6, 6.07) is 4.67. The van der Waals surface area contributed by atoms with Gasteiger partial charge in [0.1, 0.15) is 0 Å². The largest absolute Gasteiger partial charge is 0.462 e. The lowest BCUT2D eigenvalue weighted by atomic mass is 10.1. The molecule has 7 heteroatoms. The molecule has 0 amide bonds. The van der Waals surface area contributed by atoms with Gasteiger partial charge in [-0.2, -0.15) is 0 Å². The van der Waals surface area contributed by atoms with Gasteiger partial charge in [0.25, 0.3) is 0 Å². The molecule has 122 valence electrons. The smallest absolute Gasteiger partial charge is 0.340 e. The van der Waals surface area contributed by atoms with E-state index in [0.717, 1.165) is 35.9 Å². The maximum Gasteiger partial charge on any atom is 0.340 e. The van der Waals surface area contributed by atoms with E-state index in [9.17, 15) is 13.2 Å². The van der Waals surface area contributed by atoms with E-state index in [-0.39, 0.29) is 11.5 Å². The van der Waals surface area contributed by atoms with E-state index in [0.29, 0.717) is 5.56 Å². The van der Waals surface area contributed by atoms with Gasteiger partial charge in [-0.15, -0.1) is 0 Å². The van der Waals surface area contributed by atoms with Gasteiger partial charge < -0.3 is 9.64 Å². The summed E-state index contributed by atoms with van der Waals surface area (Å²) in [4.78, 5) is 14.4. The highest BCUT2D eigenvalue weighted by atomic mass is 32.2. The number of carbonyl (C=O) groups excluding carboxylic acids is 1. The molecule has 0 N–H and O–H groups in total. The van der Waals surface area contributed by atoms with Gasteiger partial charge in [-0.25, -0.2) is 17.5 Å². The quantitative estimate of drug-likeness (QED) is 0.771. The number of hydrogen-bond acceptors (Lipinski definition) is 5.